The monoisotopic (exact) mass is 298 g/mol. The maximum absolute atomic E-state index is 11.5. The number of hydrogen-bond acceptors (Lipinski definition) is 4. The van der Waals surface area contributed by atoms with Gasteiger partial charge in [0.1, 0.15) is 0 Å². The molecule has 0 aromatic rings. The van der Waals surface area contributed by atoms with Gasteiger partial charge in [0, 0.05) is 12.6 Å². The fourth-order valence-corrected chi connectivity index (χ4v) is 2.64. The highest BCUT2D eigenvalue weighted by molar-refractivity contribution is 5.79. The van der Waals surface area contributed by atoms with Gasteiger partial charge in [0.15, 0.2) is 0 Å². The van der Waals surface area contributed by atoms with Crippen LogP contribution in [0.1, 0.15) is 46.5 Å². The molecule has 124 valence electrons. The van der Waals surface area contributed by atoms with Crippen LogP contribution in [0.2, 0.25) is 0 Å². The van der Waals surface area contributed by atoms with Crippen molar-refractivity contribution in [2.75, 3.05) is 39.3 Å². The van der Waals surface area contributed by atoms with Crippen LogP contribution in [-0.2, 0) is 4.79 Å². The molecule has 0 heterocycles. The van der Waals surface area contributed by atoms with Gasteiger partial charge in [-0.1, -0.05) is 20.8 Å². The minimum Gasteiger partial charge on any atom is -0.368 e. The number of nitrogens with zero attached hydrogens (tertiary/aromatic N) is 2. The number of primary amides is 1. The molecule has 1 unspecified atom stereocenters. The van der Waals surface area contributed by atoms with Crippen LogP contribution >= 0.6 is 0 Å². The Balaban J connectivity index is 2.23. The van der Waals surface area contributed by atoms with Crippen molar-refractivity contribution in [3.8, 4) is 0 Å². The van der Waals surface area contributed by atoms with Crippen LogP contribution in [0.15, 0.2) is 0 Å². The third kappa shape index (κ3) is 7.79. The second kappa shape index (κ2) is 10.1. The van der Waals surface area contributed by atoms with E-state index in [0.717, 1.165) is 45.7 Å². The summed E-state index contributed by atoms with van der Waals surface area (Å²) in [5, 5.41) is 3.35. The summed E-state index contributed by atoms with van der Waals surface area (Å²) >= 11 is 0. The van der Waals surface area contributed by atoms with Gasteiger partial charge in [0.25, 0.3) is 0 Å². The van der Waals surface area contributed by atoms with Crippen molar-refractivity contribution in [1.29, 1.82) is 0 Å². The zero-order valence-corrected chi connectivity index (χ0v) is 14.1. The minimum absolute atomic E-state index is 0.158. The molecule has 21 heavy (non-hydrogen) atoms. The zero-order chi connectivity index (χ0) is 15.7. The molecule has 1 atom stereocenters. The zero-order valence-electron chi connectivity index (χ0n) is 14.1. The molecule has 1 aliphatic carbocycles. The van der Waals surface area contributed by atoms with Gasteiger partial charge >= 0.3 is 0 Å². The molecule has 0 spiro atoms. The predicted octanol–water partition coefficient (Wildman–Crippen LogP) is 1.04. The van der Waals surface area contributed by atoms with Crippen molar-refractivity contribution in [1.82, 2.24) is 15.1 Å². The summed E-state index contributed by atoms with van der Waals surface area (Å²) in [4.78, 5) is 16.4. The molecule has 1 aliphatic rings. The number of nitrogens with two attached hydrogens (primary N) is 1. The number of carbonyl (C=O) groups is 1. The second-order valence-corrected chi connectivity index (χ2v) is 6.00. The van der Waals surface area contributed by atoms with E-state index < -0.39 is 0 Å². The molecule has 0 aromatic heterocycles. The van der Waals surface area contributed by atoms with Crippen LogP contribution in [0.4, 0.5) is 0 Å². The normalized spacial score (nSPS) is 16.6. The van der Waals surface area contributed by atoms with Crippen molar-refractivity contribution in [2.45, 2.75) is 58.5 Å². The Morgan fingerprint density at radius 3 is 2.14 bits per heavy atom. The summed E-state index contributed by atoms with van der Waals surface area (Å²) in [6.07, 6.45) is 4.38. The van der Waals surface area contributed by atoms with Crippen LogP contribution in [-0.4, -0.2) is 67.1 Å². The Kier molecular flexibility index (Phi) is 8.88. The molecule has 5 heteroatoms. The second-order valence-electron chi connectivity index (χ2n) is 6.00. The number of amides is 1. The smallest absolute Gasteiger partial charge is 0.234 e. The Bertz CT molecular complexity index is 290. The first-order valence-corrected chi connectivity index (χ1v) is 8.60. The van der Waals surface area contributed by atoms with E-state index in [0.29, 0.717) is 6.04 Å². The van der Waals surface area contributed by atoms with Crippen molar-refractivity contribution in [3.63, 3.8) is 0 Å². The third-order valence-electron chi connectivity index (χ3n) is 4.38. The van der Waals surface area contributed by atoms with Crippen molar-refractivity contribution < 1.29 is 4.79 Å². The molecular formula is C16H34N4O. The van der Waals surface area contributed by atoms with Crippen LogP contribution in [0.25, 0.3) is 0 Å². The maximum atomic E-state index is 11.5. The number of hydrogen-bond donors (Lipinski definition) is 2. The Morgan fingerprint density at radius 1 is 1.10 bits per heavy atom. The van der Waals surface area contributed by atoms with Gasteiger partial charge in [0.2, 0.25) is 5.91 Å². The number of rotatable bonds is 13. The summed E-state index contributed by atoms with van der Waals surface area (Å²) in [6, 6.07) is 0.370. The lowest BCUT2D eigenvalue weighted by molar-refractivity contribution is -0.120. The summed E-state index contributed by atoms with van der Waals surface area (Å²) in [5.41, 5.74) is 5.49. The molecule has 5 nitrogen and oxygen atoms in total. The number of nitrogens with one attached hydrogen (secondary N) is 1. The standard InChI is InChI=1S/C16H34N4O/c1-4-19(5-2)11-7-12-20(6-3)13-10-15(16(17)21)18-14-8-9-14/h14-15,18H,4-13H2,1-3H3,(H2,17,21). The van der Waals surface area contributed by atoms with Gasteiger partial charge in [-0.2, -0.15) is 0 Å². The molecule has 1 rings (SSSR count). The average molecular weight is 298 g/mol. The van der Waals surface area contributed by atoms with E-state index in [-0.39, 0.29) is 11.9 Å². The van der Waals surface area contributed by atoms with Crippen molar-refractivity contribution >= 4 is 5.91 Å². The predicted molar refractivity (Wildman–Crippen MR) is 88.3 cm³/mol. The molecule has 0 radical (unpaired) electrons. The molecule has 3 N–H and O–H groups in total. The average Bonchev–Trinajstić information content (AvgIpc) is 3.29. The summed E-state index contributed by atoms with van der Waals surface area (Å²) < 4.78 is 0. The summed E-state index contributed by atoms with van der Waals surface area (Å²) in [5.74, 6) is -0.207. The molecule has 1 saturated carbocycles. The lowest BCUT2D eigenvalue weighted by Gasteiger charge is -2.25. The van der Waals surface area contributed by atoms with E-state index >= 15 is 0 Å². The molecule has 0 bridgehead atoms. The summed E-state index contributed by atoms with van der Waals surface area (Å²) in [6.45, 7) is 13.1. The summed E-state index contributed by atoms with van der Waals surface area (Å²) in [7, 11) is 0. The fourth-order valence-electron chi connectivity index (χ4n) is 2.64. The minimum atomic E-state index is -0.207. The van der Waals surface area contributed by atoms with E-state index in [1.54, 1.807) is 0 Å². The van der Waals surface area contributed by atoms with Gasteiger partial charge in [-0.25, -0.2) is 0 Å². The highest BCUT2D eigenvalue weighted by Gasteiger charge is 2.27. The first-order valence-electron chi connectivity index (χ1n) is 8.60. The molecule has 1 amide bonds. The van der Waals surface area contributed by atoms with Crippen LogP contribution in [0, 0.1) is 0 Å². The van der Waals surface area contributed by atoms with Gasteiger partial charge in [-0.15, -0.1) is 0 Å². The van der Waals surface area contributed by atoms with E-state index in [4.69, 9.17) is 5.73 Å². The first-order chi connectivity index (χ1) is 10.1. The van der Waals surface area contributed by atoms with Gasteiger partial charge < -0.3 is 20.9 Å². The largest absolute Gasteiger partial charge is 0.368 e. The Morgan fingerprint density at radius 2 is 1.67 bits per heavy atom. The van der Waals surface area contributed by atoms with E-state index in [1.807, 2.05) is 0 Å². The number of carbonyl (C=O) groups excluding carboxylic acids is 1. The highest BCUT2D eigenvalue weighted by atomic mass is 16.1. The SMILES string of the molecule is CCN(CC)CCCN(CC)CCC(NC1CC1)C(N)=O. The third-order valence-corrected chi connectivity index (χ3v) is 4.38. The maximum Gasteiger partial charge on any atom is 0.234 e. The van der Waals surface area contributed by atoms with Crippen molar-refractivity contribution in [3.05, 3.63) is 0 Å². The van der Waals surface area contributed by atoms with Crippen molar-refractivity contribution in [2.24, 2.45) is 5.73 Å². The van der Waals surface area contributed by atoms with Gasteiger partial charge in [-0.3, -0.25) is 4.79 Å². The van der Waals surface area contributed by atoms with Crippen LogP contribution < -0.4 is 11.1 Å². The quantitative estimate of drug-likeness (QED) is 0.533. The van der Waals surface area contributed by atoms with Gasteiger partial charge in [-0.05, 0) is 58.4 Å². The topological polar surface area (TPSA) is 61.6 Å². The molecule has 1 fully saturated rings. The van der Waals surface area contributed by atoms with Crippen LogP contribution in [0.5, 0.6) is 0 Å². The Labute approximate surface area is 130 Å². The molecular weight excluding hydrogens is 264 g/mol. The highest BCUT2D eigenvalue weighted by Crippen LogP contribution is 2.20. The molecule has 0 aromatic carbocycles. The molecule has 0 saturated heterocycles. The first kappa shape index (κ1) is 18.4. The Hall–Kier alpha value is -0.650. The van der Waals surface area contributed by atoms with Crippen LogP contribution in [0.3, 0.4) is 0 Å². The van der Waals surface area contributed by atoms with E-state index in [9.17, 15) is 4.79 Å². The van der Waals surface area contributed by atoms with E-state index in [1.165, 1.54) is 19.3 Å². The lowest BCUT2D eigenvalue weighted by Crippen LogP contribution is -2.44. The fraction of sp³-hybridized carbons (Fsp3) is 0.938. The molecule has 0 aliphatic heterocycles. The van der Waals surface area contributed by atoms with E-state index in [2.05, 4.69) is 35.9 Å². The van der Waals surface area contributed by atoms with Gasteiger partial charge in [0.05, 0.1) is 6.04 Å². The lowest BCUT2D eigenvalue weighted by atomic mass is 10.1.